The molecule has 0 amide bonds. The fourth-order valence-electron chi connectivity index (χ4n) is 6.97. The number of hydrogen-bond donors (Lipinski definition) is 2. The summed E-state index contributed by atoms with van der Waals surface area (Å²) < 4.78 is 28.0. The van der Waals surface area contributed by atoms with Crippen molar-refractivity contribution >= 4 is 21.8 Å². The zero-order chi connectivity index (χ0) is 28.8. The molecule has 0 aliphatic carbocycles. The van der Waals surface area contributed by atoms with Crippen LogP contribution in [-0.4, -0.2) is 45.9 Å². The largest absolute Gasteiger partial charge is 0.358 e. The molecule has 2 N–H and O–H groups in total. The highest BCUT2D eigenvalue weighted by Crippen LogP contribution is 2.40. The summed E-state index contributed by atoms with van der Waals surface area (Å²) in [5.74, 6) is -0.455. The number of nitrogens with one attached hydrogen (secondary N) is 2. The normalized spacial score (nSPS) is 16.3. The van der Waals surface area contributed by atoms with Gasteiger partial charge in [-0.25, -0.2) is 8.78 Å². The van der Waals surface area contributed by atoms with E-state index >= 15 is 0 Å². The monoisotopic (exact) mass is 560 g/mol. The molecule has 42 heavy (non-hydrogen) atoms. The Balaban J connectivity index is 1.26. The van der Waals surface area contributed by atoms with Gasteiger partial charge in [0.25, 0.3) is 0 Å². The van der Waals surface area contributed by atoms with Gasteiger partial charge in [0, 0.05) is 70.5 Å². The van der Waals surface area contributed by atoms with E-state index < -0.39 is 0 Å². The highest BCUT2D eigenvalue weighted by molar-refractivity contribution is 5.86. The van der Waals surface area contributed by atoms with Crippen LogP contribution in [0.25, 0.3) is 21.8 Å². The number of aromatic amines is 2. The molecule has 2 aromatic heterocycles. The number of benzene rings is 4. The van der Waals surface area contributed by atoms with E-state index in [1.165, 1.54) is 21.9 Å². The summed E-state index contributed by atoms with van der Waals surface area (Å²) in [5, 5.41) is 2.40. The Labute approximate surface area is 244 Å². The summed E-state index contributed by atoms with van der Waals surface area (Å²) in [6.07, 6.45) is 0. The van der Waals surface area contributed by atoms with Crippen LogP contribution in [0.5, 0.6) is 0 Å². The molecule has 4 aromatic carbocycles. The highest BCUT2D eigenvalue weighted by atomic mass is 19.1. The number of H-pyrrole nitrogens is 2. The minimum Gasteiger partial charge on any atom is -0.358 e. The summed E-state index contributed by atoms with van der Waals surface area (Å²) in [5.41, 5.74) is 9.14. The Bertz CT molecular complexity index is 1710. The third-order valence-electron chi connectivity index (χ3n) is 8.88. The van der Waals surface area contributed by atoms with Crippen molar-refractivity contribution in [1.29, 1.82) is 0 Å². The second-order valence-electron chi connectivity index (χ2n) is 11.4. The van der Waals surface area contributed by atoms with Crippen LogP contribution in [0.4, 0.5) is 8.78 Å². The molecule has 1 aliphatic rings. The first-order valence-corrected chi connectivity index (χ1v) is 14.6. The molecular weight excluding hydrogens is 526 g/mol. The molecule has 0 saturated carbocycles. The molecular formula is C36H34F2N4. The number of nitrogens with zero attached hydrogens (tertiary/aromatic N) is 2. The molecule has 4 nitrogen and oxygen atoms in total. The molecule has 212 valence electrons. The lowest BCUT2D eigenvalue weighted by Gasteiger charge is -2.43. The number of aromatic nitrogens is 2. The molecule has 3 heterocycles. The number of halogens is 2. The molecule has 2 unspecified atom stereocenters. The summed E-state index contributed by atoms with van der Waals surface area (Å²) in [6, 6.07) is 30.7. The SMILES string of the molecule is Cc1[nH]c2ccccc2c1C(c1ccc(F)cc1)N1CCN(C(c2ccc(F)cc2)c2c(C)[nH]c3ccccc23)CC1. The fraction of sp³-hybridized carbons (Fsp3) is 0.222. The van der Waals surface area contributed by atoms with Crippen molar-refractivity contribution in [2.75, 3.05) is 26.2 Å². The third kappa shape index (κ3) is 4.71. The molecule has 1 saturated heterocycles. The maximum atomic E-state index is 14.0. The Morgan fingerprint density at radius 1 is 0.524 bits per heavy atom. The van der Waals surface area contributed by atoms with Gasteiger partial charge >= 0.3 is 0 Å². The zero-order valence-electron chi connectivity index (χ0n) is 23.9. The lowest BCUT2D eigenvalue weighted by atomic mass is 9.92. The molecule has 1 aliphatic heterocycles. The second-order valence-corrected chi connectivity index (χ2v) is 11.4. The number of rotatable bonds is 6. The lowest BCUT2D eigenvalue weighted by molar-refractivity contribution is 0.0902. The van der Waals surface area contributed by atoms with E-state index in [2.05, 4.69) is 82.1 Å². The predicted molar refractivity (Wildman–Crippen MR) is 166 cm³/mol. The van der Waals surface area contributed by atoms with Crippen LogP contribution in [0, 0.1) is 25.5 Å². The van der Waals surface area contributed by atoms with E-state index in [0.717, 1.165) is 59.7 Å². The Hall–Kier alpha value is -4.26. The van der Waals surface area contributed by atoms with Crippen LogP contribution in [-0.2, 0) is 0 Å². The maximum Gasteiger partial charge on any atom is 0.123 e. The van der Waals surface area contributed by atoms with Gasteiger partial charge in [0.2, 0.25) is 0 Å². The summed E-state index contributed by atoms with van der Waals surface area (Å²) >= 11 is 0. The minimum absolute atomic E-state index is 0.0111. The van der Waals surface area contributed by atoms with Gasteiger partial charge in [-0.1, -0.05) is 60.7 Å². The van der Waals surface area contributed by atoms with Crippen molar-refractivity contribution in [1.82, 2.24) is 19.8 Å². The topological polar surface area (TPSA) is 38.1 Å². The van der Waals surface area contributed by atoms with Crippen molar-refractivity contribution < 1.29 is 8.78 Å². The van der Waals surface area contributed by atoms with Crippen molar-refractivity contribution in [2.45, 2.75) is 25.9 Å². The molecule has 6 heteroatoms. The quantitative estimate of drug-likeness (QED) is 0.216. The van der Waals surface area contributed by atoms with E-state index in [1.807, 2.05) is 24.3 Å². The maximum absolute atomic E-state index is 14.0. The minimum atomic E-state index is -0.228. The van der Waals surface area contributed by atoms with Crippen LogP contribution >= 0.6 is 0 Å². The van der Waals surface area contributed by atoms with E-state index in [1.54, 1.807) is 24.3 Å². The first-order valence-electron chi connectivity index (χ1n) is 14.6. The standard InChI is InChI=1S/C36H34F2N4/c1-23-33(29-7-3-5-9-31(29)39-23)35(25-11-15-27(37)16-12-25)41-19-21-42(22-20-41)36(26-13-17-28(38)18-14-26)34-24(2)40-32-10-6-4-8-30(32)34/h3-18,35-36,39-40H,19-22H2,1-2H3. The lowest BCUT2D eigenvalue weighted by Crippen LogP contribution is -2.49. The van der Waals surface area contributed by atoms with Gasteiger partial charge in [0.1, 0.15) is 11.6 Å². The first kappa shape index (κ1) is 26.6. The number of para-hydroxylation sites is 2. The summed E-state index contributed by atoms with van der Waals surface area (Å²) in [7, 11) is 0. The number of aryl methyl sites for hydroxylation is 2. The number of hydrogen-bond acceptors (Lipinski definition) is 2. The average molecular weight is 561 g/mol. The van der Waals surface area contributed by atoms with E-state index in [0.29, 0.717) is 0 Å². The molecule has 1 fully saturated rings. The van der Waals surface area contributed by atoms with E-state index in [-0.39, 0.29) is 23.7 Å². The number of piperazine rings is 1. The van der Waals surface area contributed by atoms with Gasteiger partial charge < -0.3 is 9.97 Å². The smallest absolute Gasteiger partial charge is 0.123 e. The zero-order valence-corrected chi connectivity index (χ0v) is 23.9. The average Bonchev–Trinajstić information content (AvgIpc) is 3.51. The molecule has 7 rings (SSSR count). The van der Waals surface area contributed by atoms with Gasteiger partial charge in [-0.15, -0.1) is 0 Å². The predicted octanol–water partition coefficient (Wildman–Crippen LogP) is 8.04. The van der Waals surface area contributed by atoms with Crippen LogP contribution in [0.2, 0.25) is 0 Å². The van der Waals surface area contributed by atoms with Crippen molar-refractivity contribution in [3.8, 4) is 0 Å². The van der Waals surface area contributed by atoms with Crippen molar-refractivity contribution in [2.24, 2.45) is 0 Å². The van der Waals surface area contributed by atoms with Gasteiger partial charge in [-0.2, -0.15) is 0 Å². The van der Waals surface area contributed by atoms with E-state index in [9.17, 15) is 8.78 Å². The Kier molecular flexibility index (Phi) is 6.88. The molecule has 0 radical (unpaired) electrons. The molecule has 2 atom stereocenters. The second kappa shape index (κ2) is 10.9. The van der Waals surface area contributed by atoms with Crippen LogP contribution in [0.3, 0.4) is 0 Å². The van der Waals surface area contributed by atoms with Crippen LogP contribution in [0.15, 0.2) is 97.1 Å². The van der Waals surface area contributed by atoms with E-state index in [4.69, 9.17) is 0 Å². The van der Waals surface area contributed by atoms with Gasteiger partial charge in [-0.05, 0) is 61.4 Å². The van der Waals surface area contributed by atoms with Crippen molar-refractivity contribution in [3.63, 3.8) is 0 Å². The van der Waals surface area contributed by atoms with Gasteiger partial charge in [-0.3, -0.25) is 9.80 Å². The van der Waals surface area contributed by atoms with Crippen molar-refractivity contribution in [3.05, 3.63) is 142 Å². The molecule has 0 spiro atoms. The fourth-order valence-corrected chi connectivity index (χ4v) is 6.97. The van der Waals surface area contributed by atoms with Crippen LogP contribution < -0.4 is 0 Å². The highest BCUT2D eigenvalue weighted by Gasteiger charge is 2.34. The van der Waals surface area contributed by atoms with Gasteiger partial charge in [0.15, 0.2) is 0 Å². The third-order valence-corrected chi connectivity index (χ3v) is 8.88. The summed E-state index contributed by atoms with van der Waals surface area (Å²) in [6.45, 7) is 7.60. The van der Waals surface area contributed by atoms with Crippen LogP contribution in [0.1, 0.15) is 45.7 Å². The van der Waals surface area contributed by atoms with Gasteiger partial charge in [0.05, 0.1) is 12.1 Å². The molecule has 6 aromatic rings. The Morgan fingerprint density at radius 2 is 0.881 bits per heavy atom. The first-order chi connectivity index (χ1) is 20.5. The molecule has 0 bridgehead atoms. The Morgan fingerprint density at radius 3 is 1.26 bits per heavy atom. The summed E-state index contributed by atoms with van der Waals surface area (Å²) in [4.78, 5) is 12.2. The number of fused-ring (bicyclic) bond motifs is 2.